The number of methoxy groups -OCH3 is 1. The van der Waals surface area contributed by atoms with Crippen molar-refractivity contribution >= 4 is 43.5 Å². The van der Waals surface area contributed by atoms with Crippen molar-refractivity contribution in [3.8, 4) is 11.6 Å². The first-order valence-corrected chi connectivity index (χ1v) is 8.86. The minimum absolute atomic E-state index is 0.00996. The van der Waals surface area contributed by atoms with E-state index in [9.17, 15) is 18.0 Å². The van der Waals surface area contributed by atoms with Gasteiger partial charge in [-0.15, -0.1) is 0 Å². The third-order valence-corrected chi connectivity index (χ3v) is 4.88. The topological polar surface area (TPSA) is 51.7 Å². The predicted octanol–water partition coefficient (Wildman–Crippen LogP) is 4.67. The molecule has 1 aliphatic heterocycles. The molecule has 0 spiro atoms. The van der Waals surface area contributed by atoms with Crippen LogP contribution in [0.5, 0.6) is 11.6 Å². The monoisotopic (exact) mass is 494 g/mol. The number of rotatable bonds is 2. The number of aromatic nitrogens is 1. The molecule has 0 atom stereocenters. The molecule has 0 unspecified atom stereocenters. The van der Waals surface area contributed by atoms with E-state index in [1.807, 2.05) is 0 Å². The maximum absolute atomic E-state index is 13.0. The molecule has 5 nitrogen and oxygen atoms in total. The maximum Gasteiger partial charge on any atom is 0.417 e. The number of hydrogen-bond acceptors (Lipinski definition) is 4. The number of amides is 1. The van der Waals surface area contributed by atoms with Gasteiger partial charge in [-0.05, 0) is 50.1 Å². The maximum atomic E-state index is 13.0. The molecule has 26 heavy (non-hydrogen) atoms. The molecule has 10 heteroatoms. The number of nitrogens with zero attached hydrogens (tertiary/aromatic N) is 2. The molecule has 1 amide bonds. The lowest BCUT2D eigenvalue weighted by Gasteiger charge is -2.29. The van der Waals surface area contributed by atoms with Crippen molar-refractivity contribution in [1.29, 1.82) is 0 Å². The van der Waals surface area contributed by atoms with Gasteiger partial charge in [0.15, 0.2) is 0 Å². The van der Waals surface area contributed by atoms with Gasteiger partial charge in [0.25, 0.3) is 5.91 Å². The van der Waals surface area contributed by atoms with Gasteiger partial charge in [-0.25, -0.2) is 4.98 Å². The Hall–Kier alpha value is -1.81. The zero-order chi connectivity index (χ0) is 19.1. The van der Waals surface area contributed by atoms with Crippen LogP contribution in [-0.4, -0.2) is 31.2 Å². The summed E-state index contributed by atoms with van der Waals surface area (Å²) in [6.45, 7) is 0.242. The minimum atomic E-state index is -4.57. The molecular weight excluding hydrogens is 485 g/mol. The smallest absolute Gasteiger partial charge is 0.417 e. The normalized spacial score (nSPS) is 13.8. The summed E-state index contributed by atoms with van der Waals surface area (Å²) in [6.07, 6.45) is -3.88. The van der Waals surface area contributed by atoms with Gasteiger partial charge in [0, 0.05) is 11.8 Å². The quantitative estimate of drug-likeness (QED) is 0.607. The van der Waals surface area contributed by atoms with E-state index in [4.69, 9.17) is 9.47 Å². The molecule has 0 bridgehead atoms. The molecule has 138 valence electrons. The lowest BCUT2D eigenvalue weighted by Crippen LogP contribution is -2.38. The van der Waals surface area contributed by atoms with Crippen molar-refractivity contribution in [3.63, 3.8) is 0 Å². The average Bonchev–Trinajstić information content (AvgIpc) is 2.59. The molecule has 3 rings (SSSR count). The molecule has 0 N–H and O–H groups in total. The predicted molar refractivity (Wildman–Crippen MR) is 94.8 cm³/mol. The van der Waals surface area contributed by atoms with Crippen LogP contribution in [0.3, 0.4) is 0 Å². The zero-order valence-corrected chi connectivity index (χ0v) is 16.4. The van der Waals surface area contributed by atoms with Gasteiger partial charge < -0.3 is 14.4 Å². The van der Waals surface area contributed by atoms with Crippen LogP contribution in [0.15, 0.2) is 33.3 Å². The van der Waals surface area contributed by atoms with Gasteiger partial charge in [-0.2, -0.15) is 13.2 Å². The van der Waals surface area contributed by atoms with Crippen LogP contribution >= 0.6 is 31.9 Å². The molecule has 0 saturated heterocycles. The second kappa shape index (κ2) is 7.07. The number of alkyl halides is 3. The van der Waals surface area contributed by atoms with E-state index >= 15 is 0 Å². The lowest BCUT2D eigenvalue weighted by atomic mass is 10.1. The summed E-state index contributed by atoms with van der Waals surface area (Å²) in [7, 11) is 1.48. The van der Waals surface area contributed by atoms with Crippen molar-refractivity contribution in [1.82, 2.24) is 4.98 Å². The Balaban J connectivity index is 2.03. The highest BCUT2D eigenvalue weighted by molar-refractivity contribution is 9.11. The fraction of sp³-hybridized carbons (Fsp3) is 0.250. The number of carbonyl (C=O) groups is 1. The molecule has 0 saturated carbocycles. The summed E-state index contributed by atoms with van der Waals surface area (Å²) in [5.74, 6) is 0.0222. The van der Waals surface area contributed by atoms with E-state index in [1.165, 1.54) is 12.0 Å². The Labute approximate surface area is 163 Å². The van der Waals surface area contributed by atoms with Crippen LogP contribution in [0.25, 0.3) is 0 Å². The van der Waals surface area contributed by atoms with Crippen molar-refractivity contribution < 1.29 is 27.4 Å². The highest BCUT2D eigenvalue weighted by atomic mass is 79.9. The third-order valence-electron chi connectivity index (χ3n) is 3.70. The number of benzene rings is 1. The third kappa shape index (κ3) is 3.52. The van der Waals surface area contributed by atoms with Gasteiger partial charge >= 0.3 is 6.18 Å². The van der Waals surface area contributed by atoms with Crippen LogP contribution < -0.4 is 14.4 Å². The highest BCUT2D eigenvalue weighted by Crippen LogP contribution is 2.38. The molecular formula is C16H11Br2F3N2O3. The first-order valence-electron chi connectivity index (χ1n) is 7.27. The van der Waals surface area contributed by atoms with Gasteiger partial charge in [0.1, 0.15) is 18.0 Å². The van der Waals surface area contributed by atoms with E-state index in [0.29, 0.717) is 20.9 Å². The second-order valence-electron chi connectivity index (χ2n) is 5.32. The highest BCUT2D eigenvalue weighted by Gasteiger charge is 2.35. The summed E-state index contributed by atoms with van der Waals surface area (Å²) in [5, 5.41) is 0. The Morgan fingerprint density at radius 1 is 1.27 bits per heavy atom. The van der Waals surface area contributed by atoms with Crippen LogP contribution in [0.4, 0.5) is 18.9 Å². The van der Waals surface area contributed by atoms with E-state index in [1.54, 1.807) is 12.1 Å². The number of fused-ring (bicyclic) bond motifs is 1. The number of anilines is 1. The summed E-state index contributed by atoms with van der Waals surface area (Å²) < 4.78 is 50.5. The number of ether oxygens (including phenoxy) is 2. The molecule has 1 aromatic heterocycles. The lowest BCUT2D eigenvalue weighted by molar-refractivity contribution is -0.137. The standard InChI is InChI=1S/C16H11Br2F3N2O3/c1-25-13-10(17)4-8(5-11(13)18)15(24)23-2-3-26-14-12(23)6-9(7-22-14)16(19,20)21/h4-7H,2-3H2,1H3. The fourth-order valence-electron chi connectivity index (χ4n) is 2.50. The molecule has 1 aliphatic rings. The molecule has 0 aliphatic carbocycles. The largest absolute Gasteiger partial charge is 0.494 e. The van der Waals surface area contributed by atoms with Gasteiger partial charge in [0.05, 0.1) is 28.2 Å². The van der Waals surface area contributed by atoms with Crippen LogP contribution in [0, 0.1) is 0 Å². The summed E-state index contributed by atoms with van der Waals surface area (Å²) in [6, 6.07) is 3.96. The van der Waals surface area contributed by atoms with E-state index in [-0.39, 0.29) is 30.3 Å². The second-order valence-corrected chi connectivity index (χ2v) is 7.03. The molecule has 0 radical (unpaired) electrons. The van der Waals surface area contributed by atoms with Crippen LogP contribution in [-0.2, 0) is 6.18 Å². The Kier molecular flexibility index (Phi) is 5.16. The number of halogens is 5. The van der Waals surface area contributed by atoms with Crippen LogP contribution in [0.1, 0.15) is 15.9 Å². The van der Waals surface area contributed by atoms with Gasteiger partial charge in [-0.3, -0.25) is 4.79 Å². The SMILES string of the molecule is COc1c(Br)cc(C(=O)N2CCOc3ncc(C(F)(F)F)cc32)cc1Br. The molecule has 1 aromatic carbocycles. The molecule has 2 heterocycles. The number of carbonyl (C=O) groups excluding carboxylic acids is 1. The van der Waals surface area contributed by atoms with Gasteiger partial charge in [0.2, 0.25) is 5.88 Å². The summed E-state index contributed by atoms with van der Waals surface area (Å²) in [5.41, 5.74) is -0.689. The van der Waals surface area contributed by atoms with Crippen molar-refractivity contribution in [2.45, 2.75) is 6.18 Å². The number of pyridine rings is 1. The first-order chi connectivity index (χ1) is 12.2. The van der Waals surface area contributed by atoms with E-state index < -0.39 is 17.6 Å². The first kappa shape index (κ1) is 19.0. The Bertz CT molecular complexity index is 851. The molecule has 2 aromatic rings. The van der Waals surface area contributed by atoms with Gasteiger partial charge in [-0.1, -0.05) is 0 Å². The number of hydrogen-bond donors (Lipinski definition) is 0. The fourth-order valence-corrected chi connectivity index (χ4v) is 4.01. The summed E-state index contributed by atoms with van der Waals surface area (Å²) in [4.78, 5) is 17.8. The molecule has 0 fully saturated rings. The summed E-state index contributed by atoms with van der Waals surface area (Å²) >= 11 is 6.62. The average molecular weight is 496 g/mol. The van der Waals surface area contributed by atoms with Crippen molar-refractivity contribution in [2.75, 3.05) is 25.2 Å². The Morgan fingerprint density at radius 3 is 2.50 bits per heavy atom. The van der Waals surface area contributed by atoms with E-state index in [0.717, 1.165) is 6.07 Å². The van der Waals surface area contributed by atoms with Crippen molar-refractivity contribution in [2.24, 2.45) is 0 Å². The zero-order valence-electron chi connectivity index (χ0n) is 13.2. The van der Waals surface area contributed by atoms with Crippen molar-refractivity contribution in [3.05, 3.63) is 44.5 Å². The van der Waals surface area contributed by atoms with E-state index in [2.05, 4.69) is 36.8 Å². The minimum Gasteiger partial charge on any atom is -0.494 e. The van der Waals surface area contributed by atoms with Crippen LogP contribution in [0.2, 0.25) is 0 Å². The Morgan fingerprint density at radius 2 is 1.92 bits per heavy atom.